The summed E-state index contributed by atoms with van der Waals surface area (Å²) >= 11 is 0. The number of ether oxygens (including phenoxy) is 1. The first-order valence-corrected chi connectivity index (χ1v) is 5.76. The van der Waals surface area contributed by atoms with E-state index in [1.165, 1.54) is 19.3 Å². The Morgan fingerprint density at radius 3 is 2.54 bits per heavy atom. The van der Waals surface area contributed by atoms with Crippen LogP contribution in [0.15, 0.2) is 0 Å². The van der Waals surface area contributed by atoms with Crippen LogP contribution < -0.4 is 0 Å². The van der Waals surface area contributed by atoms with E-state index in [1.54, 1.807) is 0 Å². The molecule has 0 spiro atoms. The van der Waals surface area contributed by atoms with Gasteiger partial charge in [-0.3, -0.25) is 0 Å². The maximum Gasteiger partial charge on any atom is 0.0605 e. The molecule has 0 amide bonds. The smallest absolute Gasteiger partial charge is 0.0605 e. The maximum atomic E-state index is 5.81. The van der Waals surface area contributed by atoms with Crippen LogP contribution in [-0.4, -0.2) is 12.7 Å². The van der Waals surface area contributed by atoms with Crippen LogP contribution in [0.1, 0.15) is 47.0 Å². The predicted octanol–water partition coefficient (Wildman–Crippen LogP) is 3.48. The van der Waals surface area contributed by atoms with E-state index in [0.29, 0.717) is 6.10 Å². The van der Waals surface area contributed by atoms with Crippen molar-refractivity contribution in [1.29, 1.82) is 0 Å². The fourth-order valence-electron chi connectivity index (χ4n) is 2.52. The van der Waals surface area contributed by atoms with Gasteiger partial charge in [-0.1, -0.05) is 20.8 Å². The molecule has 1 rings (SSSR count). The van der Waals surface area contributed by atoms with Gasteiger partial charge in [0.15, 0.2) is 0 Å². The molecule has 0 aromatic rings. The van der Waals surface area contributed by atoms with Crippen molar-refractivity contribution in [2.75, 3.05) is 6.61 Å². The monoisotopic (exact) mass is 184 g/mol. The molecule has 0 N–H and O–H groups in total. The quantitative estimate of drug-likeness (QED) is 0.652. The van der Waals surface area contributed by atoms with Crippen LogP contribution in [0.2, 0.25) is 0 Å². The van der Waals surface area contributed by atoms with Crippen LogP contribution in [0.25, 0.3) is 0 Å². The molecule has 1 fully saturated rings. The van der Waals surface area contributed by atoms with Gasteiger partial charge in [0.05, 0.1) is 6.10 Å². The molecule has 0 aromatic heterocycles. The third-order valence-electron chi connectivity index (χ3n) is 3.33. The lowest BCUT2D eigenvalue weighted by Gasteiger charge is -2.37. The molecule has 0 heterocycles. The van der Waals surface area contributed by atoms with Crippen LogP contribution in [0.5, 0.6) is 0 Å². The Morgan fingerprint density at radius 1 is 1.31 bits per heavy atom. The van der Waals surface area contributed by atoms with Crippen LogP contribution in [0.4, 0.5) is 0 Å². The highest BCUT2D eigenvalue weighted by molar-refractivity contribution is 4.81. The third kappa shape index (κ3) is 2.98. The zero-order valence-corrected chi connectivity index (χ0v) is 9.55. The van der Waals surface area contributed by atoms with Gasteiger partial charge in [-0.15, -0.1) is 0 Å². The minimum atomic E-state index is 0.543. The summed E-state index contributed by atoms with van der Waals surface area (Å²) in [4.78, 5) is 0. The highest BCUT2D eigenvalue weighted by atomic mass is 16.5. The molecule has 3 unspecified atom stereocenters. The number of rotatable bonds is 3. The van der Waals surface area contributed by atoms with Gasteiger partial charge in [0, 0.05) is 6.61 Å². The molecule has 1 heteroatoms. The van der Waals surface area contributed by atoms with Crippen LogP contribution in [-0.2, 0) is 4.74 Å². The number of hydrogen-bond donors (Lipinski definition) is 0. The summed E-state index contributed by atoms with van der Waals surface area (Å²) < 4.78 is 5.81. The van der Waals surface area contributed by atoms with Gasteiger partial charge in [0.2, 0.25) is 0 Å². The fourth-order valence-corrected chi connectivity index (χ4v) is 2.52. The van der Waals surface area contributed by atoms with E-state index in [4.69, 9.17) is 4.74 Å². The lowest BCUT2D eigenvalue weighted by atomic mass is 9.75. The van der Waals surface area contributed by atoms with E-state index >= 15 is 0 Å². The molecule has 1 aliphatic rings. The first-order valence-electron chi connectivity index (χ1n) is 5.76. The maximum absolute atomic E-state index is 5.81. The van der Waals surface area contributed by atoms with Crippen LogP contribution in [0, 0.1) is 17.8 Å². The van der Waals surface area contributed by atoms with Crippen LogP contribution >= 0.6 is 0 Å². The summed E-state index contributed by atoms with van der Waals surface area (Å²) in [7, 11) is 0. The van der Waals surface area contributed by atoms with E-state index in [2.05, 4.69) is 27.7 Å². The molecule has 3 atom stereocenters. The zero-order valence-electron chi connectivity index (χ0n) is 9.55. The van der Waals surface area contributed by atoms with Crippen molar-refractivity contribution < 1.29 is 4.74 Å². The second kappa shape index (κ2) is 4.99. The molecule has 0 radical (unpaired) electrons. The van der Waals surface area contributed by atoms with E-state index < -0.39 is 0 Å². The molecule has 1 aliphatic carbocycles. The average Bonchev–Trinajstić information content (AvgIpc) is 2.08. The normalized spacial score (nSPS) is 35.3. The van der Waals surface area contributed by atoms with Gasteiger partial charge in [-0.25, -0.2) is 0 Å². The molecular weight excluding hydrogens is 160 g/mol. The largest absolute Gasteiger partial charge is 0.378 e. The lowest BCUT2D eigenvalue weighted by molar-refractivity contribution is -0.0307. The van der Waals surface area contributed by atoms with Gasteiger partial charge in [-0.2, -0.15) is 0 Å². The first kappa shape index (κ1) is 11.0. The molecule has 78 valence electrons. The second-order valence-corrected chi connectivity index (χ2v) is 4.82. The van der Waals surface area contributed by atoms with Gasteiger partial charge in [0.1, 0.15) is 0 Å². The summed E-state index contributed by atoms with van der Waals surface area (Å²) in [5.74, 6) is 2.48. The fraction of sp³-hybridized carbons (Fsp3) is 1.00. The Kier molecular flexibility index (Phi) is 4.24. The van der Waals surface area contributed by atoms with Crippen molar-refractivity contribution in [3.63, 3.8) is 0 Å². The zero-order chi connectivity index (χ0) is 9.84. The molecule has 13 heavy (non-hydrogen) atoms. The average molecular weight is 184 g/mol. The third-order valence-corrected chi connectivity index (χ3v) is 3.33. The highest BCUT2D eigenvalue weighted by Gasteiger charge is 2.30. The Balaban J connectivity index is 2.50. The van der Waals surface area contributed by atoms with E-state index in [1.807, 2.05) is 0 Å². The Hall–Kier alpha value is -0.0400. The molecule has 0 bridgehead atoms. The van der Waals surface area contributed by atoms with Gasteiger partial charge in [-0.05, 0) is 43.9 Å². The van der Waals surface area contributed by atoms with E-state index in [9.17, 15) is 0 Å². The Morgan fingerprint density at radius 2 is 2.00 bits per heavy atom. The summed E-state index contributed by atoms with van der Waals surface area (Å²) in [5, 5.41) is 0. The molecule has 0 aromatic carbocycles. The minimum Gasteiger partial charge on any atom is -0.378 e. The van der Waals surface area contributed by atoms with Crippen molar-refractivity contribution in [1.82, 2.24) is 0 Å². The van der Waals surface area contributed by atoms with Gasteiger partial charge >= 0.3 is 0 Å². The predicted molar refractivity (Wildman–Crippen MR) is 56.8 cm³/mol. The van der Waals surface area contributed by atoms with E-state index in [0.717, 1.165) is 24.4 Å². The lowest BCUT2D eigenvalue weighted by Crippen LogP contribution is -2.34. The van der Waals surface area contributed by atoms with Crippen molar-refractivity contribution >= 4 is 0 Å². The topological polar surface area (TPSA) is 9.23 Å². The SMILES string of the molecule is CCOC1CCC(C)CC1C(C)C. The summed E-state index contributed by atoms with van der Waals surface area (Å²) in [6, 6.07) is 0. The summed E-state index contributed by atoms with van der Waals surface area (Å²) in [6.07, 6.45) is 4.54. The molecule has 0 aliphatic heterocycles. The van der Waals surface area contributed by atoms with Crippen molar-refractivity contribution in [2.24, 2.45) is 17.8 Å². The molecular formula is C12H24O. The molecule has 0 saturated heterocycles. The minimum absolute atomic E-state index is 0.543. The number of hydrogen-bond acceptors (Lipinski definition) is 1. The van der Waals surface area contributed by atoms with Crippen molar-refractivity contribution in [3.05, 3.63) is 0 Å². The Labute approximate surface area is 82.9 Å². The second-order valence-electron chi connectivity index (χ2n) is 4.82. The standard InChI is InChI=1S/C12H24O/c1-5-13-12-7-6-10(4)8-11(12)9(2)3/h9-12H,5-8H2,1-4H3. The summed E-state index contributed by atoms with van der Waals surface area (Å²) in [6.45, 7) is 10.0. The molecule has 1 nitrogen and oxygen atoms in total. The van der Waals surface area contributed by atoms with Crippen molar-refractivity contribution in [2.45, 2.75) is 53.1 Å². The highest BCUT2D eigenvalue weighted by Crippen LogP contribution is 2.35. The van der Waals surface area contributed by atoms with Gasteiger partial charge < -0.3 is 4.74 Å². The van der Waals surface area contributed by atoms with Crippen LogP contribution in [0.3, 0.4) is 0 Å². The first-order chi connectivity index (χ1) is 6.15. The summed E-state index contributed by atoms with van der Waals surface area (Å²) in [5.41, 5.74) is 0. The van der Waals surface area contributed by atoms with E-state index in [-0.39, 0.29) is 0 Å². The van der Waals surface area contributed by atoms with Crippen molar-refractivity contribution in [3.8, 4) is 0 Å². The van der Waals surface area contributed by atoms with Gasteiger partial charge in [0.25, 0.3) is 0 Å². The molecule has 1 saturated carbocycles. The Bertz CT molecular complexity index is 142.